The number of carbonyl (C=O) groups excluding carboxylic acids is 3. The lowest BCUT2D eigenvalue weighted by atomic mass is 9.90. The van der Waals surface area contributed by atoms with Crippen molar-refractivity contribution in [3.8, 4) is 0 Å². The number of hydrogen-bond acceptors (Lipinski definition) is 3. The van der Waals surface area contributed by atoms with Gasteiger partial charge in [-0.05, 0) is 25.7 Å². The number of nitrogens with zero attached hydrogens (tertiary/aromatic N) is 1. The molecule has 0 aromatic heterocycles. The molecule has 1 aliphatic heterocycles. The van der Waals surface area contributed by atoms with E-state index in [1.54, 1.807) is 0 Å². The summed E-state index contributed by atoms with van der Waals surface area (Å²) in [5.74, 6) is -0.447. The molecule has 3 rings (SSSR count). The average Bonchev–Trinajstić information content (AvgIpc) is 3.19. The first kappa shape index (κ1) is 13.4. The number of urea groups is 1. The van der Waals surface area contributed by atoms with Crippen molar-refractivity contribution in [2.75, 3.05) is 6.54 Å². The first-order valence-electron chi connectivity index (χ1n) is 7.54. The summed E-state index contributed by atoms with van der Waals surface area (Å²) >= 11 is 0. The zero-order chi connectivity index (χ0) is 14.2. The van der Waals surface area contributed by atoms with Gasteiger partial charge in [-0.25, -0.2) is 4.79 Å². The van der Waals surface area contributed by atoms with Gasteiger partial charge in [-0.1, -0.05) is 25.7 Å². The average molecular weight is 279 g/mol. The molecule has 20 heavy (non-hydrogen) atoms. The van der Waals surface area contributed by atoms with Crippen LogP contribution in [-0.4, -0.2) is 40.9 Å². The van der Waals surface area contributed by atoms with Crippen LogP contribution in [0.25, 0.3) is 0 Å². The second-order valence-corrected chi connectivity index (χ2v) is 6.16. The second kappa shape index (κ2) is 5.07. The van der Waals surface area contributed by atoms with Crippen molar-refractivity contribution in [1.29, 1.82) is 0 Å². The highest BCUT2D eigenvalue weighted by atomic mass is 16.2. The molecule has 0 radical (unpaired) electrons. The lowest BCUT2D eigenvalue weighted by molar-refractivity contribution is -0.135. The molecule has 2 N–H and O–H groups in total. The Morgan fingerprint density at radius 1 is 1.20 bits per heavy atom. The Balaban J connectivity index is 1.67. The van der Waals surface area contributed by atoms with Gasteiger partial charge < -0.3 is 10.6 Å². The van der Waals surface area contributed by atoms with Crippen LogP contribution in [0.15, 0.2) is 0 Å². The Morgan fingerprint density at radius 3 is 2.45 bits per heavy atom. The van der Waals surface area contributed by atoms with E-state index in [4.69, 9.17) is 0 Å². The molecule has 6 nitrogen and oxygen atoms in total. The molecule has 2 saturated carbocycles. The fourth-order valence-electron chi connectivity index (χ4n) is 3.14. The van der Waals surface area contributed by atoms with E-state index in [1.165, 1.54) is 0 Å². The van der Waals surface area contributed by atoms with E-state index in [0.29, 0.717) is 12.8 Å². The van der Waals surface area contributed by atoms with Crippen LogP contribution in [0, 0.1) is 0 Å². The molecule has 0 bridgehead atoms. The fourth-order valence-corrected chi connectivity index (χ4v) is 3.14. The van der Waals surface area contributed by atoms with Gasteiger partial charge in [-0.15, -0.1) is 0 Å². The van der Waals surface area contributed by atoms with E-state index in [-0.39, 0.29) is 24.4 Å². The Bertz CT molecular complexity index is 437. The number of rotatable bonds is 3. The highest BCUT2D eigenvalue weighted by molar-refractivity contribution is 6.09. The van der Waals surface area contributed by atoms with Crippen molar-refractivity contribution in [2.45, 2.75) is 62.9 Å². The molecule has 0 aromatic rings. The minimum absolute atomic E-state index is 0.150. The van der Waals surface area contributed by atoms with Crippen LogP contribution in [0.2, 0.25) is 0 Å². The molecular weight excluding hydrogens is 258 g/mol. The van der Waals surface area contributed by atoms with Crippen LogP contribution >= 0.6 is 0 Å². The molecular formula is C14H21N3O3. The number of imide groups is 1. The third-order valence-electron chi connectivity index (χ3n) is 4.45. The van der Waals surface area contributed by atoms with Crippen LogP contribution in [-0.2, 0) is 9.59 Å². The normalized spacial score (nSPS) is 25.5. The Hall–Kier alpha value is -1.59. The molecule has 3 aliphatic rings. The molecule has 0 aromatic carbocycles. The predicted molar refractivity (Wildman–Crippen MR) is 71.8 cm³/mol. The third kappa shape index (κ3) is 2.51. The van der Waals surface area contributed by atoms with E-state index in [1.807, 2.05) is 0 Å². The van der Waals surface area contributed by atoms with Crippen molar-refractivity contribution in [3.05, 3.63) is 0 Å². The fraction of sp³-hybridized carbons (Fsp3) is 0.786. The molecule has 1 saturated heterocycles. The van der Waals surface area contributed by atoms with Crippen molar-refractivity contribution < 1.29 is 14.4 Å². The summed E-state index contributed by atoms with van der Waals surface area (Å²) in [5.41, 5.74) is -0.743. The summed E-state index contributed by atoms with van der Waals surface area (Å²) in [6.45, 7) is -0.150. The van der Waals surface area contributed by atoms with E-state index in [0.717, 1.165) is 43.4 Å². The first-order valence-corrected chi connectivity index (χ1v) is 7.54. The van der Waals surface area contributed by atoms with E-state index in [2.05, 4.69) is 10.6 Å². The number of carbonyl (C=O) groups is 3. The summed E-state index contributed by atoms with van der Waals surface area (Å²) in [6.07, 6.45) is 7.49. The first-order chi connectivity index (χ1) is 9.61. The maximum Gasteiger partial charge on any atom is 0.325 e. The zero-order valence-corrected chi connectivity index (χ0v) is 11.6. The quantitative estimate of drug-likeness (QED) is 0.754. The molecule has 1 heterocycles. The summed E-state index contributed by atoms with van der Waals surface area (Å²) in [7, 11) is 0. The summed E-state index contributed by atoms with van der Waals surface area (Å²) in [5, 5.41) is 5.65. The predicted octanol–water partition coefficient (Wildman–Crippen LogP) is 0.910. The van der Waals surface area contributed by atoms with Gasteiger partial charge in [0.2, 0.25) is 5.91 Å². The maximum atomic E-state index is 12.5. The summed E-state index contributed by atoms with van der Waals surface area (Å²) in [4.78, 5) is 37.4. The lowest BCUT2D eigenvalue weighted by Gasteiger charge is -2.24. The molecule has 110 valence electrons. The zero-order valence-electron chi connectivity index (χ0n) is 11.6. The van der Waals surface area contributed by atoms with E-state index >= 15 is 0 Å². The molecule has 4 amide bonds. The van der Waals surface area contributed by atoms with Crippen molar-refractivity contribution in [1.82, 2.24) is 15.5 Å². The van der Waals surface area contributed by atoms with Crippen LogP contribution < -0.4 is 10.6 Å². The van der Waals surface area contributed by atoms with Gasteiger partial charge in [0.1, 0.15) is 12.1 Å². The Kier molecular flexibility index (Phi) is 3.40. The molecule has 3 fully saturated rings. The molecule has 0 atom stereocenters. The maximum absolute atomic E-state index is 12.5. The van der Waals surface area contributed by atoms with Crippen molar-refractivity contribution in [2.24, 2.45) is 0 Å². The van der Waals surface area contributed by atoms with E-state index < -0.39 is 11.6 Å². The molecule has 2 aliphatic carbocycles. The number of amides is 4. The molecule has 1 spiro atoms. The van der Waals surface area contributed by atoms with Crippen LogP contribution in [0.5, 0.6) is 0 Å². The standard InChI is InChI=1S/C14H21N3O3/c18-11(15-10-5-6-10)9-17-12(19)14(16-13(17)20)7-3-1-2-4-8-14/h10H,1-9H2,(H,15,18)(H,16,20). The van der Waals surface area contributed by atoms with Crippen LogP contribution in [0.4, 0.5) is 4.79 Å². The number of hydrogen-bond donors (Lipinski definition) is 2. The second-order valence-electron chi connectivity index (χ2n) is 6.16. The Labute approximate surface area is 118 Å². The van der Waals surface area contributed by atoms with Crippen LogP contribution in [0.3, 0.4) is 0 Å². The summed E-state index contributed by atoms with van der Waals surface area (Å²) < 4.78 is 0. The van der Waals surface area contributed by atoms with Gasteiger partial charge in [0.15, 0.2) is 0 Å². The van der Waals surface area contributed by atoms with Crippen molar-refractivity contribution in [3.63, 3.8) is 0 Å². The highest BCUT2D eigenvalue weighted by Gasteiger charge is 2.51. The summed E-state index contributed by atoms with van der Waals surface area (Å²) in [6, 6.07) is -0.169. The molecule has 6 heteroatoms. The minimum Gasteiger partial charge on any atom is -0.352 e. The third-order valence-corrected chi connectivity index (χ3v) is 4.45. The van der Waals surface area contributed by atoms with Gasteiger partial charge in [0, 0.05) is 6.04 Å². The van der Waals surface area contributed by atoms with Gasteiger partial charge >= 0.3 is 6.03 Å². The molecule has 0 unspecified atom stereocenters. The van der Waals surface area contributed by atoms with Gasteiger partial charge in [-0.3, -0.25) is 14.5 Å². The highest BCUT2D eigenvalue weighted by Crippen LogP contribution is 2.32. The largest absolute Gasteiger partial charge is 0.352 e. The van der Waals surface area contributed by atoms with Gasteiger partial charge in [-0.2, -0.15) is 0 Å². The topological polar surface area (TPSA) is 78.5 Å². The SMILES string of the molecule is O=C(CN1C(=O)NC2(CCCCCC2)C1=O)NC1CC1. The van der Waals surface area contributed by atoms with Gasteiger partial charge in [0.05, 0.1) is 0 Å². The lowest BCUT2D eigenvalue weighted by Crippen LogP contribution is -2.47. The monoisotopic (exact) mass is 279 g/mol. The smallest absolute Gasteiger partial charge is 0.325 e. The van der Waals surface area contributed by atoms with Gasteiger partial charge in [0.25, 0.3) is 5.91 Å². The Morgan fingerprint density at radius 2 is 1.85 bits per heavy atom. The number of nitrogens with one attached hydrogen (secondary N) is 2. The van der Waals surface area contributed by atoms with Crippen molar-refractivity contribution >= 4 is 17.8 Å². The minimum atomic E-state index is -0.743. The van der Waals surface area contributed by atoms with E-state index in [9.17, 15) is 14.4 Å². The van der Waals surface area contributed by atoms with Crippen LogP contribution in [0.1, 0.15) is 51.4 Å².